The van der Waals surface area contributed by atoms with Crippen LogP contribution in [-0.2, 0) is 4.74 Å². The molecule has 5 aromatic rings. The van der Waals surface area contributed by atoms with Crippen LogP contribution < -0.4 is 20.1 Å². The number of thiazole rings is 1. The Morgan fingerprint density at radius 3 is 2.51 bits per heavy atom. The van der Waals surface area contributed by atoms with Crippen LogP contribution in [0.15, 0.2) is 61.2 Å². The number of benzene rings is 2. The second-order valence-corrected chi connectivity index (χ2v) is 13.2. The van der Waals surface area contributed by atoms with Crippen LogP contribution in [0.3, 0.4) is 0 Å². The van der Waals surface area contributed by atoms with Gasteiger partial charge in [-0.25, -0.2) is 24.1 Å². The molecule has 0 atom stereocenters. The number of piperidine rings is 1. The zero-order valence-corrected chi connectivity index (χ0v) is 27.7. The number of rotatable bonds is 8. The molecule has 0 radical (unpaired) electrons. The molecule has 1 saturated heterocycles. The van der Waals surface area contributed by atoms with E-state index >= 15 is 4.39 Å². The van der Waals surface area contributed by atoms with Crippen molar-refractivity contribution in [1.82, 2.24) is 24.8 Å². The number of ether oxygens (including phenoxy) is 3. The molecule has 0 spiro atoms. The van der Waals surface area contributed by atoms with Crippen LogP contribution in [0, 0.1) is 12.7 Å². The molecule has 244 valence electrons. The summed E-state index contributed by atoms with van der Waals surface area (Å²) in [5.41, 5.74) is 2.94. The summed E-state index contributed by atoms with van der Waals surface area (Å²) in [6, 6.07) is 12.3. The highest BCUT2D eigenvalue weighted by Gasteiger charge is 2.27. The average molecular weight is 658 g/mol. The third-order valence-corrected chi connectivity index (χ3v) is 8.47. The van der Waals surface area contributed by atoms with E-state index in [4.69, 9.17) is 14.2 Å². The van der Waals surface area contributed by atoms with Crippen molar-refractivity contribution < 1.29 is 23.4 Å². The number of pyridine rings is 1. The van der Waals surface area contributed by atoms with Gasteiger partial charge >= 0.3 is 6.09 Å². The number of aromatic nitrogens is 4. The van der Waals surface area contributed by atoms with E-state index in [2.05, 4.69) is 30.6 Å². The van der Waals surface area contributed by atoms with E-state index in [1.807, 2.05) is 52.0 Å². The lowest BCUT2D eigenvalue weighted by Crippen LogP contribution is -2.44. The molecular formula is C34H36FN7O4S. The van der Waals surface area contributed by atoms with Crippen LogP contribution in [0.2, 0.25) is 0 Å². The third-order valence-electron chi connectivity index (χ3n) is 7.54. The van der Waals surface area contributed by atoms with Crippen molar-refractivity contribution in [2.24, 2.45) is 0 Å². The minimum atomic E-state index is -0.538. The Morgan fingerprint density at radius 2 is 1.81 bits per heavy atom. The number of hydrogen-bond acceptors (Lipinski definition) is 11. The van der Waals surface area contributed by atoms with Gasteiger partial charge < -0.3 is 29.7 Å². The van der Waals surface area contributed by atoms with Gasteiger partial charge in [0.05, 0.1) is 28.9 Å². The molecule has 0 unspecified atom stereocenters. The van der Waals surface area contributed by atoms with Crippen molar-refractivity contribution in [3.05, 3.63) is 72.7 Å². The van der Waals surface area contributed by atoms with Gasteiger partial charge in [-0.1, -0.05) is 17.4 Å². The molecule has 1 aliphatic rings. The summed E-state index contributed by atoms with van der Waals surface area (Å²) in [4.78, 5) is 32.6. The number of hydrogen-bond donors (Lipinski definition) is 2. The van der Waals surface area contributed by atoms with E-state index in [1.54, 1.807) is 36.5 Å². The number of carbonyl (C=O) groups is 1. The Balaban J connectivity index is 1.15. The van der Waals surface area contributed by atoms with E-state index in [-0.39, 0.29) is 17.8 Å². The highest BCUT2D eigenvalue weighted by atomic mass is 32.1. The van der Waals surface area contributed by atoms with Gasteiger partial charge in [0.2, 0.25) is 0 Å². The summed E-state index contributed by atoms with van der Waals surface area (Å²) in [7, 11) is 1.60. The fourth-order valence-electron chi connectivity index (χ4n) is 5.16. The second-order valence-electron chi connectivity index (χ2n) is 12.2. The number of nitrogens with zero attached hydrogens (tertiary/aromatic N) is 5. The first-order valence-corrected chi connectivity index (χ1v) is 16.1. The molecule has 1 aliphatic heterocycles. The van der Waals surface area contributed by atoms with E-state index in [0.29, 0.717) is 46.5 Å². The van der Waals surface area contributed by atoms with Crippen LogP contribution in [0.25, 0.3) is 21.3 Å². The predicted molar refractivity (Wildman–Crippen MR) is 180 cm³/mol. The summed E-state index contributed by atoms with van der Waals surface area (Å²) >= 11 is 1.35. The molecular weight excluding hydrogens is 621 g/mol. The van der Waals surface area contributed by atoms with E-state index < -0.39 is 11.4 Å². The molecule has 11 nitrogen and oxygen atoms in total. The Labute approximate surface area is 276 Å². The molecule has 4 heterocycles. The van der Waals surface area contributed by atoms with Gasteiger partial charge in [0.1, 0.15) is 35.1 Å². The first-order chi connectivity index (χ1) is 22.5. The lowest BCUT2D eigenvalue weighted by atomic mass is 10.0. The van der Waals surface area contributed by atoms with Crippen molar-refractivity contribution in [2.75, 3.05) is 30.8 Å². The van der Waals surface area contributed by atoms with Crippen molar-refractivity contribution >= 4 is 45.5 Å². The quantitative estimate of drug-likeness (QED) is 0.170. The number of anilines is 3. The Kier molecular flexibility index (Phi) is 9.08. The zero-order chi connectivity index (χ0) is 33.1. The number of halogens is 1. The van der Waals surface area contributed by atoms with Crippen LogP contribution in [0.1, 0.15) is 39.3 Å². The lowest BCUT2D eigenvalue weighted by Gasteiger charge is -2.34. The number of methoxy groups -OCH3 is 1. The van der Waals surface area contributed by atoms with Crippen LogP contribution in [-0.4, -0.2) is 62.8 Å². The molecule has 1 fully saturated rings. The molecule has 0 bridgehead atoms. The highest BCUT2D eigenvalue weighted by molar-refractivity contribution is 7.16. The standard InChI is InChI=1S/C34H36FN7O4S/c1-20-6-7-21(17-36-20)30-18-37-32(47-30)45-23-8-9-26(25(35)14-23)41-31-24-15-28(29(44-5)16-27(24)38-19-39-31)40-22-10-12-42(13-11-22)33(43)46-34(2,3)4/h6-9,14-19,22,40H,10-13H2,1-5H3,(H,38,39,41). The molecule has 0 aliphatic carbocycles. The number of likely N-dealkylation sites (tertiary alicyclic amines) is 1. The lowest BCUT2D eigenvalue weighted by molar-refractivity contribution is 0.0210. The second kappa shape index (κ2) is 13.4. The minimum absolute atomic E-state index is 0.105. The fourth-order valence-corrected chi connectivity index (χ4v) is 5.93. The van der Waals surface area contributed by atoms with Crippen molar-refractivity contribution in [1.29, 1.82) is 0 Å². The van der Waals surface area contributed by atoms with Crippen LogP contribution in [0.4, 0.5) is 26.4 Å². The molecule has 13 heteroatoms. The smallest absolute Gasteiger partial charge is 0.410 e. The first-order valence-electron chi connectivity index (χ1n) is 15.2. The third kappa shape index (κ3) is 7.68. The summed E-state index contributed by atoms with van der Waals surface area (Å²) in [6.07, 6.45) is 6.10. The van der Waals surface area contributed by atoms with Crippen LogP contribution in [0.5, 0.6) is 16.7 Å². The van der Waals surface area contributed by atoms with Gasteiger partial charge in [-0.2, -0.15) is 0 Å². The molecule has 6 rings (SSSR count). The molecule has 47 heavy (non-hydrogen) atoms. The molecule has 2 aromatic carbocycles. The van der Waals surface area contributed by atoms with E-state index in [1.165, 1.54) is 23.7 Å². The van der Waals surface area contributed by atoms with Gasteiger partial charge in [0.15, 0.2) is 0 Å². The Hall–Kier alpha value is -5.04. The van der Waals surface area contributed by atoms with Crippen molar-refractivity contribution in [3.8, 4) is 27.1 Å². The zero-order valence-electron chi connectivity index (χ0n) is 26.8. The van der Waals surface area contributed by atoms with Gasteiger partial charge in [0, 0.05) is 60.3 Å². The maximum atomic E-state index is 15.4. The molecule has 1 amide bonds. The number of amides is 1. The molecule has 2 N–H and O–H groups in total. The largest absolute Gasteiger partial charge is 0.495 e. The molecule has 3 aromatic heterocycles. The van der Waals surface area contributed by atoms with E-state index in [0.717, 1.165) is 34.7 Å². The summed E-state index contributed by atoms with van der Waals surface area (Å²) in [5.74, 6) is 0.854. The van der Waals surface area contributed by atoms with E-state index in [9.17, 15) is 4.79 Å². The summed E-state index contributed by atoms with van der Waals surface area (Å²) in [6.45, 7) is 8.66. The van der Waals surface area contributed by atoms with Gasteiger partial charge in [0.25, 0.3) is 5.19 Å². The molecule has 0 saturated carbocycles. The first kappa shape index (κ1) is 31.9. The number of nitrogens with one attached hydrogen (secondary N) is 2. The maximum absolute atomic E-state index is 15.4. The SMILES string of the molecule is COc1cc2ncnc(Nc3ccc(Oc4ncc(-c5ccc(C)nc5)s4)cc3F)c2cc1NC1CCN(C(=O)OC(C)(C)C)CC1. The summed E-state index contributed by atoms with van der Waals surface area (Å²) < 4.78 is 32.4. The van der Waals surface area contributed by atoms with Crippen molar-refractivity contribution in [3.63, 3.8) is 0 Å². The van der Waals surface area contributed by atoms with Gasteiger partial charge in [-0.3, -0.25) is 4.98 Å². The summed E-state index contributed by atoms with van der Waals surface area (Å²) in [5, 5.41) is 7.75. The Morgan fingerprint density at radius 1 is 1.00 bits per heavy atom. The van der Waals surface area contributed by atoms with Gasteiger partial charge in [-0.05, 0) is 64.8 Å². The van der Waals surface area contributed by atoms with Crippen LogP contribution >= 0.6 is 11.3 Å². The minimum Gasteiger partial charge on any atom is -0.495 e. The highest BCUT2D eigenvalue weighted by Crippen LogP contribution is 2.36. The topological polar surface area (TPSA) is 124 Å². The normalized spacial score (nSPS) is 13.8. The predicted octanol–water partition coefficient (Wildman–Crippen LogP) is 7.95. The van der Waals surface area contributed by atoms with Gasteiger partial charge in [-0.15, -0.1) is 0 Å². The Bertz CT molecular complexity index is 1890. The fraction of sp³-hybridized carbons (Fsp3) is 0.324. The number of aryl methyl sites for hydroxylation is 1. The average Bonchev–Trinajstić information content (AvgIpc) is 3.50. The monoisotopic (exact) mass is 657 g/mol. The number of carbonyl (C=O) groups excluding carboxylic acids is 1. The number of fused-ring (bicyclic) bond motifs is 1. The maximum Gasteiger partial charge on any atom is 0.410 e. The van der Waals surface area contributed by atoms with Crippen molar-refractivity contribution in [2.45, 2.75) is 52.2 Å².